The lowest BCUT2D eigenvalue weighted by atomic mass is 10.0. The number of benzene rings is 1. The molecule has 1 aromatic carbocycles. The number of hydrogen-bond donors (Lipinski definition) is 2. The first kappa shape index (κ1) is 29.7. The molecule has 0 aliphatic carbocycles. The summed E-state index contributed by atoms with van der Waals surface area (Å²) < 4.78 is 5.51. The third-order valence-electron chi connectivity index (χ3n) is 7.42. The number of Topliss-reactive ketones (excluding diaryl/α,β-unsaturated/α-hetero) is 1. The van der Waals surface area contributed by atoms with Crippen LogP contribution in [0.3, 0.4) is 0 Å². The molecule has 10 heteroatoms. The van der Waals surface area contributed by atoms with E-state index in [-0.39, 0.29) is 24.2 Å². The Kier molecular flexibility index (Phi) is 9.63. The van der Waals surface area contributed by atoms with Crippen molar-refractivity contribution in [3.63, 3.8) is 0 Å². The molecule has 3 heterocycles. The number of amides is 3. The second-order valence-electron chi connectivity index (χ2n) is 11.5. The lowest BCUT2D eigenvalue weighted by Gasteiger charge is -2.29. The van der Waals surface area contributed by atoms with Gasteiger partial charge in [0.05, 0.1) is 12.6 Å². The lowest BCUT2D eigenvalue weighted by molar-refractivity contribution is -0.142. The van der Waals surface area contributed by atoms with Crippen molar-refractivity contribution in [3.8, 4) is 15.5 Å². The number of rotatable bonds is 10. The monoisotopic (exact) mass is 569 g/mol. The predicted molar refractivity (Wildman–Crippen MR) is 153 cm³/mol. The van der Waals surface area contributed by atoms with Crippen LogP contribution in [0.4, 0.5) is 4.79 Å². The molecule has 40 heavy (non-hydrogen) atoms. The molecule has 0 radical (unpaired) electrons. The van der Waals surface area contributed by atoms with E-state index in [9.17, 15) is 24.3 Å². The molecule has 0 spiro atoms. The van der Waals surface area contributed by atoms with Gasteiger partial charge in [-0.1, -0.05) is 69.4 Å². The van der Waals surface area contributed by atoms with Crippen molar-refractivity contribution < 1.29 is 29.0 Å². The van der Waals surface area contributed by atoms with Gasteiger partial charge < -0.3 is 25.0 Å². The number of nitrogens with one attached hydrogen (secondary N) is 1. The number of ketones is 1. The largest absolute Gasteiger partial charge is 0.414 e. The summed E-state index contributed by atoms with van der Waals surface area (Å²) in [6, 6.07) is 11.2. The quantitative estimate of drug-likeness (QED) is 0.445. The smallest absolute Gasteiger partial charge is 0.399 e. The lowest BCUT2D eigenvalue weighted by Crippen LogP contribution is -2.53. The van der Waals surface area contributed by atoms with E-state index in [0.717, 1.165) is 10.4 Å². The van der Waals surface area contributed by atoms with Crippen molar-refractivity contribution in [1.82, 2.24) is 15.1 Å². The van der Waals surface area contributed by atoms with Crippen LogP contribution < -0.4 is 10.1 Å². The van der Waals surface area contributed by atoms with Crippen molar-refractivity contribution >= 4 is 35.0 Å². The summed E-state index contributed by atoms with van der Waals surface area (Å²) in [6.07, 6.45) is -0.0540. The van der Waals surface area contributed by atoms with Gasteiger partial charge in [-0.3, -0.25) is 14.4 Å². The van der Waals surface area contributed by atoms with E-state index < -0.39 is 36.2 Å². The number of carbonyl (C=O) groups is 4. The summed E-state index contributed by atoms with van der Waals surface area (Å²) in [5.41, 5.74) is 1.01. The molecule has 0 bridgehead atoms. The topological polar surface area (TPSA) is 116 Å². The minimum absolute atomic E-state index is 0.0903. The fourth-order valence-corrected chi connectivity index (χ4v) is 6.31. The molecule has 216 valence electrons. The first-order valence-electron chi connectivity index (χ1n) is 14.0. The van der Waals surface area contributed by atoms with Crippen molar-refractivity contribution in [2.24, 2.45) is 11.8 Å². The number of fused-ring (bicyclic) bond motifs is 1. The highest BCUT2D eigenvalue weighted by Gasteiger charge is 2.52. The third kappa shape index (κ3) is 6.90. The maximum Gasteiger partial charge on any atom is 0.414 e. The summed E-state index contributed by atoms with van der Waals surface area (Å²) in [4.78, 5) is 56.4. The highest BCUT2D eigenvalue weighted by Crippen LogP contribution is 2.34. The number of aliphatic hydroxyl groups is 1. The number of hydrogen-bond acceptors (Lipinski definition) is 7. The molecule has 2 saturated heterocycles. The Hall–Kier alpha value is -3.24. The number of nitrogens with zero attached hydrogens (tertiary/aromatic N) is 2. The maximum absolute atomic E-state index is 13.7. The zero-order valence-electron chi connectivity index (χ0n) is 23.5. The molecule has 4 atom stereocenters. The first-order chi connectivity index (χ1) is 19.0. The zero-order valence-corrected chi connectivity index (χ0v) is 24.4. The fourth-order valence-electron chi connectivity index (χ4n) is 5.45. The van der Waals surface area contributed by atoms with Gasteiger partial charge in [0, 0.05) is 11.4 Å². The van der Waals surface area contributed by atoms with Crippen LogP contribution >= 0.6 is 11.3 Å². The molecule has 1 aromatic heterocycles. The fraction of sp³-hybridized carbons (Fsp3) is 0.533. The van der Waals surface area contributed by atoms with Gasteiger partial charge in [0.1, 0.15) is 18.2 Å². The normalized spacial score (nSPS) is 20.1. The number of carbonyl (C=O) groups excluding carboxylic acids is 4. The standard InChI is InChI=1S/C30H39N3O6S/c1-18(2)10-11-23(34)29(37)33-17-24(35)27-22(33)14-15-32(27)28(36)21(16-19(3)4)31-30(38)39-26-13-12-25(40-26)20-8-6-5-7-9-20/h5-9,12-13,18-19,21-23,27,34H,10-11,14-17H2,1-4H3,(H,31,38). The highest BCUT2D eigenvalue weighted by atomic mass is 32.1. The van der Waals surface area contributed by atoms with Crippen LogP contribution in [0.25, 0.3) is 10.4 Å². The van der Waals surface area contributed by atoms with E-state index in [0.29, 0.717) is 43.2 Å². The summed E-state index contributed by atoms with van der Waals surface area (Å²) in [7, 11) is 0. The van der Waals surface area contributed by atoms with Crippen LogP contribution in [-0.4, -0.2) is 75.9 Å². The van der Waals surface area contributed by atoms with E-state index >= 15 is 0 Å². The molecule has 2 fully saturated rings. The van der Waals surface area contributed by atoms with Crippen LogP contribution in [0, 0.1) is 11.8 Å². The van der Waals surface area contributed by atoms with Crippen LogP contribution in [0.1, 0.15) is 53.4 Å². The summed E-state index contributed by atoms with van der Waals surface area (Å²) >= 11 is 1.33. The van der Waals surface area contributed by atoms with Crippen LogP contribution in [0.2, 0.25) is 0 Å². The van der Waals surface area contributed by atoms with Gasteiger partial charge in [-0.25, -0.2) is 4.79 Å². The van der Waals surface area contributed by atoms with Crippen molar-refractivity contribution in [2.45, 2.75) is 77.6 Å². The number of ether oxygens (including phenoxy) is 1. The van der Waals surface area contributed by atoms with Crippen LogP contribution in [-0.2, 0) is 14.4 Å². The first-order valence-corrected chi connectivity index (χ1v) is 14.8. The van der Waals surface area contributed by atoms with Gasteiger partial charge in [0.15, 0.2) is 10.8 Å². The molecule has 3 amide bonds. The molecule has 9 nitrogen and oxygen atoms in total. The molecular weight excluding hydrogens is 530 g/mol. The average molecular weight is 570 g/mol. The van der Waals surface area contributed by atoms with Crippen LogP contribution in [0.15, 0.2) is 42.5 Å². The zero-order chi connectivity index (χ0) is 29.0. The SMILES string of the molecule is CC(C)CCC(O)C(=O)N1CC(=O)C2C1CCN2C(=O)C(CC(C)C)NC(=O)Oc1ccc(-c2ccccc2)s1. The van der Waals surface area contributed by atoms with Gasteiger partial charge in [-0.05, 0) is 55.2 Å². The van der Waals surface area contributed by atoms with E-state index in [1.54, 1.807) is 6.07 Å². The number of thiophene rings is 1. The number of likely N-dealkylation sites (tertiary alicyclic amines) is 2. The van der Waals surface area contributed by atoms with E-state index in [2.05, 4.69) is 5.32 Å². The Morgan fingerprint density at radius 1 is 1.00 bits per heavy atom. The third-order valence-corrected chi connectivity index (χ3v) is 8.43. The van der Waals surface area contributed by atoms with Gasteiger partial charge in [-0.15, -0.1) is 0 Å². The molecular formula is C30H39N3O6S. The molecule has 4 unspecified atom stereocenters. The Morgan fingerprint density at radius 2 is 1.73 bits per heavy atom. The Morgan fingerprint density at radius 3 is 2.40 bits per heavy atom. The Bertz CT molecular complexity index is 1210. The van der Waals surface area contributed by atoms with E-state index in [1.165, 1.54) is 21.1 Å². The molecule has 2 N–H and O–H groups in total. The van der Waals surface area contributed by atoms with Gasteiger partial charge in [0.25, 0.3) is 5.91 Å². The summed E-state index contributed by atoms with van der Waals surface area (Å²) in [5.74, 6) is -0.608. The summed E-state index contributed by atoms with van der Waals surface area (Å²) in [5, 5.41) is 13.6. The number of aliphatic hydroxyl groups excluding tert-OH is 1. The molecule has 0 saturated carbocycles. The van der Waals surface area contributed by atoms with Crippen molar-refractivity contribution in [2.75, 3.05) is 13.1 Å². The second-order valence-corrected chi connectivity index (χ2v) is 12.5. The Labute approximate surface area is 239 Å². The van der Waals surface area contributed by atoms with E-state index in [4.69, 9.17) is 4.74 Å². The van der Waals surface area contributed by atoms with Crippen molar-refractivity contribution in [3.05, 3.63) is 42.5 Å². The minimum Gasteiger partial charge on any atom is -0.399 e. The van der Waals surface area contributed by atoms with Gasteiger partial charge in [0.2, 0.25) is 5.91 Å². The second kappa shape index (κ2) is 13.0. The molecule has 2 aliphatic heterocycles. The minimum atomic E-state index is -1.16. The molecule has 2 aromatic rings. The van der Waals surface area contributed by atoms with E-state index in [1.807, 2.05) is 64.1 Å². The maximum atomic E-state index is 13.7. The average Bonchev–Trinajstić information content (AvgIpc) is 3.63. The Balaban J connectivity index is 1.41. The van der Waals surface area contributed by atoms with Gasteiger partial charge in [-0.2, -0.15) is 0 Å². The van der Waals surface area contributed by atoms with Crippen molar-refractivity contribution in [1.29, 1.82) is 0 Å². The van der Waals surface area contributed by atoms with Gasteiger partial charge >= 0.3 is 6.09 Å². The molecule has 4 rings (SSSR count). The molecule has 2 aliphatic rings. The predicted octanol–water partition coefficient (Wildman–Crippen LogP) is 4.10. The highest BCUT2D eigenvalue weighted by molar-refractivity contribution is 7.17. The summed E-state index contributed by atoms with van der Waals surface area (Å²) in [6.45, 7) is 8.11. The van der Waals surface area contributed by atoms with Crippen LogP contribution in [0.5, 0.6) is 5.06 Å².